The smallest absolute Gasteiger partial charge is 0.321 e. The molecular weight excluding hydrogens is 452 g/mol. The van der Waals surface area contributed by atoms with Crippen molar-refractivity contribution in [2.45, 2.75) is 18.9 Å². The minimum atomic E-state index is -0.681. The van der Waals surface area contributed by atoms with E-state index >= 15 is 0 Å². The summed E-state index contributed by atoms with van der Waals surface area (Å²) >= 11 is 7.30. The van der Waals surface area contributed by atoms with Gasteiger partial charge in [0, 0.05) is 37.5 Å². The molecule has 3 rings (SSSR count). The number of hydrogen-bond acceptors (Lipinski definition) is 5. The van der Waals surface area contributed by atoms with Gasteiger partial charge in [-0.25, -0.2) is 4.79 Å². The zero-order valence-electron chi connectivity index (χ0n) is 17.8. The lowest BCUT2D eigenvalue weighted by Crippen LogP contribution is -2.54. The van der Waals surface area contributed by atoms with E-state index in [-0.39, 0.29) is 23.8 Å². The summed E-state index contributed by atoms with van der Waals surface area (Å²) in [4.78, 5) is 40.3. The molecule has 3 N–H and O–H groups in total. The zero-order valence-corrected chi connectivity index (χ0v) is 19.4. The summed E-state index contributed by atoms with van der Waals surface area (Å²) in [5, 5.41) is 10.9. The fourth-order valence-electron chi connectivity index (χ4n) is 3.61. The first kappa shape index (κ1) is 24.0. The molecule has 0 saturated carbocycles. The summed E-state index contributed by atoms with van der Waals surface area (Å²) in [6.07, 6.45) is 1.19. The van der Waals surface area contributed by atoms with E-state index in [4.69, 9.17) is 16.3 Å². The van der Waals surface area contributed by atoms with E-state index in [1.165, 1.54) is 11.3 Å². The average Bonchev–Trinajstić information content (AvgIpc) is 3.33. The second-order valence-electron chi connectivity index (χ2n) is 7.48. The van der Waals surface area contributed by atoms with Gasteiger partial charge >= 0.3 is 6.03 Å². The number of carbonyl (C=O) groups excluding carboxylic acids is 3. The van der Waals surface area contributed by atoms with Crippen LogP contribution in [0.1, 0.15) is 22.5 Å². The number of amides is 4. The van der Waals surface area contributed by atoms with Gasteiger partial charge in [-0.3, -0.25) is 9.59 Å². The molecule has 1 aromatic heterocycles. The molecule has 8 nitrogen and oxygen atoms in total. The number of benzene rings is 1. The maximum absolute atomic E-state index is 12.8. The van der Waals surface area contributed by atoms with Crippen LogP contribution in [0.3, 0.4) is 0 Å². The van der Waals surface area contributed by atoms with Crippen molar-refractivity contribution in [3.63, 3.8) is 0 Å². The lowest BCUT2D eigenvalue weighted by molar-refractivity contribution is -0.124. The first-order valence-corrected chi connectivity index (χ1v) is 11.7. The molecule has 172 valence electrons. The van der Waals surface area contributed by atoms with E-state index in [2.05, 4.69) is 16.0 Å². The number of anilines is 1. The van der Waals surface area contributed by atoms with Crippen molar-refractivity contribution >= 4 is 46.5 Å². The monoisotopic (exact) mass is 478 g/mol. The van der Waals surface area contributed by atoms with Crippen molar-refractivity contribution in [3.8, 4) is 0 Å². The Kier molecular flexibility index (Phi) is 8.90. The summed E-state index contributed by atoms with van der Waals surface area (Å²) in [7, 11) is 1.56. The van der Waals surface area contributed by atoms with E-state index in [9.17, 15) is 14.4 Å². The van der Waals surface area contributed by atoms with Crippen LogP contribution in [0.2, 0.25) is 5.02 Å². The van der Waals surface area contributed by atoms with Crippen molar-refractivity contribution in [2.75, 3.05) is 38.7 Å². The molecule has 0 unspecified atom stereocenters. The first-order chi connectivity index (χ1) is 15.5. The Morgan fingerprint density at radius 1 is 1.22 bits per heavy atom. The molecule has 1 saturated heterocycles. The van der Waals surface area contributed by atoms with Crippen molar-refractivity contribution in [1.82, 2.24) is 15.5 Å². The molecule has 4 amide bonds. The predicted octanol–water partition coefficient (Wildman–Crippen LogP) is 3.21. The summed E-state index contributed by atoms with van der Waals surface area (Å²) in [6.45, 7) is 1.71. The van der Waals surface area contributed by atoms with Crippen molar-refractivity contribution < 1.29 is 19.1 Å². The Hall–Kier alpha value is -2.62. The highest BCUT2D eigenvalue weighted by molar-refractivity contribution is 7.12. The Bertz CT molecular complexity index is 916. The number of ether oxygens (including phenoxy) is 1. The number of thiophene rings is 1. The van der Waals surface area contributed by atoms with Crippen LogP contribution in [0.25, 0.3) is 0 Å². The molecule has 1 aliphatic rings. The van der Waals surface area contributed by atoms with Gasteiger partial charge in [-0.15, -0.1) is 11.3 Å². The van der Waals surface area contributed by atoms with Crippen LogP contribution < -0.4 is 16.0 Å². The number of carbonyl (C=O) groups is 3. The minimum Gasteiger partial charge on any atom is -0.383 e. The highest BCUT2D eigenvalue weighted by atomic mass is 35.5. The maximum atomic E-state index is 12.8. The van der Waals surface area contributed by atoms with Crippen LogP contribution in [0.4, 0.5) is 10.5 Å². The van der Waals surface area contributed by atoms with Crippen LogP contribution in [-0.4, -0.2) is 62.1 Å². The molecule has 0 bridgehead atoms. The molecule has 1 fully saturated rings. The highest BCUT2D eigenvalue weighted by Gasteiger charge is 2.34. The molecule has 10 heteroatoms. The van der Waals surface area contributed by atoms with E-state index in [0.29, 0.717) is 54.7 Å². The van der Waals surface area contributed by atoms with Crippen LogP contribution in [0.5, 0.6) is 0 Å². The van der Waals surface area contributed by atoms with E-state index in [0.717, 1.165) is 0 Å². The van der Waals surface area contributed by atoms with Crippen LogP contribution >= 0.6 is 22.9 Å². The van der Waals surface area contributed by atoms with Gasteiger partial charge < -0.3 is 25.6 Å². The second kappa shape index (κ2) is 11.8. The van der Waals surface area contributed by atoms with Gasteiger partial charge in [0.25, 0.3) is 5.91 Å². The van der Waals surface area contributed by atoms with Gasteiger partial charge in [-0.1, -0.05) is 23.7 Å². The largest absolute Gasteiger partial charge is 0.383 e. The Morgan fingerprint density at radius 2 is 2.00 bits per heavy atom. The highest BCUT2D eigenvalue weighted by Crippen LogP contribution is 2.23. The van der Waals surface area contributed by atoms with Crippen molar-refractivity contribution in [1.29, 1.82) is 0 Å². The lowest BCUT2D eigenvalue weighted by Gasteiger charge is -2.35. The fourth-order valence-corrected chi connectivity index (χ4v) is 4.43. The van der Waals surface area contributed by atoms with Crippen LogP contribution in [0, 0.1) is 5.92 Å². The Labute approximate surface area is 196 Å². The number of methoxy groups -OCH3 is 1. The summed E-state index contributed by atoms with van der Waals surface area (Å²) in [5.74, 6) is -0.599. The molecule has 2 aromatic rings. The number of likely N-dealkylation sites (tertiary alicyclic amines) is 1. The third-order valence-corrected chi connectivity index (χ3v) is 6.40. The van der Waals surface area contributed by atoms with Gasteiger partial charge in [-0.2, -0.15) is 0 Å². The van der Waals surface area contributed by atoms with E-state index in [1.807, 2.05) is 5.38 Å². The van der Waals surface area contributed by atoms with Gasteiger partial charge in [0.2, 0.25) is 5.91 Å². The Balaban J connectivity index is 1.60. The molecule has 0 spiro atoms. The normalized spacial score (nSPS) is 15.1. The molecule has 0 aliphatic carbocycles. The van der Waals surface area contributed by atoms with Gasteiger partial charge in [-0.05, 0) is 48.4 Å². The summed E-state index contributed by atoms with van der Waals surface area (Å²) in [6, 6.07) is 9.60. The summed E-state index contributed by atoms with van der Waals surface area (Å²) < 4.78 is 4.99. The molecule has 0 radical (unpaired) electrons. The quantitative estimate of drug-likeness (QED) is 0.507. The maximum Gasteiger partial charge on any atom is 0.321 e. The average molecular weight is 479 g/mol. The number of rotatable bonds is 8. The van der Waals surface area contributed by atoms with E-state index < -0.39 is 6.04 Å². The summed E-state index contributed by atoms with van der Waals surface area (Å²) in [5.41, 5.74) is 0.628. The van der Waals surface area contributed by atoms with Gasteiger partial charge in [0.1, 0.15) is 6.04 Å². The SMILES string of the molecule is COCCNC(=O)[C@H](NC(=O)c1cccs1)C1CCN(C(=O)Nc2cccc(Cl)c2)CC1. The minimum absolute atomic E-state index is 0.0864. The third kappa shape index (κ3) is 6.69. The van der Waals surface area contributed by atoms with E-state index in [1.54, 1.807) is 48.4 Å². The van der Waals surface area contributed by atoms with Crippen LogP contribution in [0.15, 0.2) is 41.8 Å². The number of halogens is 1. The van der Waals surface area contributed by atoms with Gasteiger partial charge in [0.15, 0.2) is 0 Å². The lowest BCUT2D eigenvalue weighted by atomic mass is 9.88. The standard InChI is InChI=1S/C22H27ClN4O4S/c1-31-12-9-24-21(29)19(26-20(28)18-6-3-13-32-18)15-7-10-27(11-8-15)22(30)25-17-5-2-4-16(23)14-17/h2-6,13-15,19H,7-12H2,1H3,(H,24,29)(H,25,30)(H,26,28)/t19-/m1/s1. The number of urea groups is 1. The number of nitrogens with zero attached hydrogens (tertiary/aromatic N) is 1. The third-order valence-electron chi connectivity index (χ3n) is 5.29. The second-order valence-corrected chi connectivity index (χ2v) is 8.86. The molecule has 1 aromatic carbocycles. The number of nitrogens with one attached hydrogen (secondary N) is 3. The number of piperidine rings is 1. The molecule has 2 heterocycles. The Morgan fingerprint density at radius 3 is 2.66 bits per heavy atom. The zero-order chi connectivity index (χ0) is 22.9. The molecule has 1 aliphatic heterocycles. The van der Waals surface area contributed by atoms with Crippen LogP contribution in [-0.2, 0) is 9.53 Å². The topological polar surface area (TPSA) is 99.8 Å². The van der Waals surface area contributed by atoms with Gasteiger partial charge in [0.05, 0.1) is 11.5 Å². The molecule has 1 atom stereocenters. The van der Waals surface area contributed by atoms with Crippen molar-refractivity contribution in [3.05, 3.63) is 51.7 Å². The fraction of sp³-hybridized carbons (Fsp3) is 0.409. The molecule has 32 heavy (non-hydrogen) atoms. The predicted molar refractivity (Wildman–Crippen MR) is 125 cm³/mol. The molecular formula is C22H27ClN4O4S. The number of hydrogen-bond donors (Lipinski definition) is 3. The first-order valence-electron chi connectivity index (χ1n) is 10.4. The van der Waals surface area contributed by atoms with Crippen molar-refractivity contribution in [2.24, 2.45) is 5.92 Å².